The lowest BCUT2D eigenvalue weighted by Crippen LogP contribution is -2.37. The highest BCUT2D eigenvalue weighted by Crippen LogP contribution is 2.43. The van der Waals surface area contributed by atoms with E-state index in [0.717, 1.165) is 51.4 Å². The summed E-state index contributed by atoms with van der Waals surface area (Å²) in [5.41, 5.74) is 0. The zero-order chi connectivity index (χ0) is 47.6. The third-order valence-corrected chi connectivity index (χ3v) is 12.9. The molecule has 0 aromatic carbocycles. The van der Waals surface area contributed by atoms with E-state index in [2.05, 4.69) is 62.5 Å². The molecule has 0 spiro atoms. The van der Waals surface area contributed by atoms with Gasteiger partial charge in [-0.05, 0) is 70.6 Å². The molecule has 0 aromatic rings. The highest BCUT2D eigenvalue weighted by atomic mass is 31.2. The number of ether oxygens (including phenoxy) is 2. The van der Waals surface area contributed by atoms with Crippen LogP contribution in [0.25, 0.3) is 0 Å². The Balaban J connectivity index is 4.07. The first-order chi connectivity index (χ1) is 31.6. The molecule has 0 bridgehead atoms. The Bertz CT molecular complexity index is 1180. The molecule has 0 heterocycles. The number of hydrogen-bond acceptors (Lipinski definition) is 6. The fraction of sp³-hybridized carbons (Fsp3) is 0.839. The van der Waals surface area contributed by atoms with Crippen LogP contribution in [0.15, 0.2) is 48.6 Å². The van der Waals surface area contributed by atoms with Gasteiger partial charge in [0.2, 0.25) is 0 Å². The number of esters is 1. The van der Waals surface area contributed by atoms with Crippen molar-refractivity contribution in [1.29, 1.82) is 0 Å². The van der Waals surface area contributed by atoms with Gasteiger partial charge in [-0.2, -0.15) is 0 Å². The summed E-state index contributed by atoms with van der Waals surface area (Å²) in [7, 11) is 1.67. The van der Waals surface area contributed by atoms with Gasteiger partial charge in [-0.1, -0.05) is 217 Å². The minimum Gasteiger partial charge on any atom is -0.457 e. The first-order valence-corrected chi connectivity index (χ1v) is 28.9. The summed E-state index contributed by atoms with van der Waals surface area (Å²) in [5, 5.41) is 0. The quantitative estimate of drug-likeness (QED) is 0.0214. The Morgan fingerprint density at radius 1 is 0.492 bits per heavy atom. The molecule has 0 aliphatic carbocycles. The zero-order valence-corrected chi connectivity index (χ0v) is 44.4. The normalized spacial score (nSPS) is 13.9. The number of unbranched alkanes of at least 4 members (excludes halogenated alkanes) is 29. The second-order valence-electron chi connectivity index (χ2n) is 19.6. The van der Waals surface area contributed by atoms with Crippen LogP contribution >= 0.6 is 7.82 Å². The van der Waals surface area contributed by atoms with E-state index in [-0.39, 0.29) is 25.8 Å². The number of carbonyl (C=O) groups excluding carboxylic acids is 1. The average molecular weight is 937 g/mol. The maximum absolute atomic E-state index is 12.8. The largest absolute Gasteiger partial charge is 0.472 e. The number of rotatable bonds is 51. The first kappa shape index (κ1) is 63.5. The van der Waals surface area contributed by atoms with Crippen molar-refractivity contribution in [3.05, 3.63) is 48.6 Å². The van der Waals surface area contributed by atoms with Crippen molar-refractivity contribution in [2.75, 3.05) is 54.1 Å². The number of likely N-dealkylation sites (N-methyl/N-ethyl adjacent to an activating group) is 1. The summed E-state index contributed by atoms with van der Waals surface area (Å²) >= 11 is 0. The summed E-state index contributed by atoms with van der Waals surface area (Å²) in [6, 6.07) is 0. The lowest BCUT2D eigenvalue weighted by atomic mass is 10.0. The van der Waals surface area contributed by atoms with Crippen LogP contribution in [0.3, 0.4) is 0 Å². The van der Waals surface area contributed by atoms with Gasteiger partial charge in [-0.3, -0.25) is 13.8 Å². The molecule has 1 N–H and O–H groups in total. The number of phosphoric ester groups is 1. The number of nitrogens with zero attached hydrogens (tertiary/aromatic N) is 1. The lowest BCUT2D eigenvalue weighted by molar-refractivity contribution is -0.870. The zero-order valence-electron chi connectivity index (χ0n) is 43.5. The molecule has 0 saturated heterocycles. The molecule has 8 nitrogen and oxygen atoms in total. The molecular formula is C56H107NO7P+. The highest BCUT2D eigenvalue weighted by molar-refractivity contribution is 7.47. The molecule has 0 saturated carbocycles. The van der Waals surface area contributed by atoms with E-state index in [4.69, 9.17) is 18.5 Å². The molecule has 2 atom stereocenters. The minimum absolute atomic E-state index is 0.0866. The summed E-state index contributed by atoms with van der Waals surface area (Å²) in [4.78, 5) is 23.0. The summed E-state index contributed by atoms with van der Waals surface area (Å²) in [6.07, 6.45) is 61.7. The SMILES string of the molecule is CC/C=C\C/C=C\C/C=C\CCCCCCCCCCOCC(COP(=O)(O)OCC[N+](C)(C)C)OC(=O)CCCCCCCCCCCCCCC/C=C\CCCCCCCCCC. The molecule has 9 heteroatoms. The predicted octanol–water partition coefficient (Wildman–Crippen LogP) is 17.1. The van der Waals surface area contributed by atoms with Crippen LogP contribution in [0.1, 0.15) is 245 Å². The van der Waals surface area contributed by atoms with Crippen LogP contribution < -0.4 is 0 Å². The topological polar surface area (TPSA) is 91.3 Å². The predicted molar refractivity (Wildman–Crippen MR) is 279 cm³/mol. The molecular weight excluding hydrogens is 830 g/mol. The van der Waals surface area contributed by atoms with Gasteiger partial charge >= 0.3 is 13.8 Å². The number of phosphoric acid groups is 1. The average Bonchev–Trinajstić information content (AvgIpc) is 3.27. The van der Waals surface area contributed by atoms with Crippen molar-refractivity contribution < 1.29 is 37.3 Å². The third kappa shape index (κ3) is 53.3. The number of quaternary nitrogens is 1. The monoisotopic (exact) mass is 937 g/mol. The van der Waals surface area contributed by atoms with E-state index in [1.165, 1.54) is 173 Å². The molecule has 0 radical (unpaired) electrons. The number of hydrogen-bond donors (Lipinski definition) is 1. The molecule has 382 valence electrons. The Morgan fingerprint density at radius 3 is 1.35 bits per heavy atom. The van der Waals surface area contributed by atoms with Gasteiger partial charge in [-0.15, -0.1) is 0 Å². The summed E-state index contributed by atoms with van der Waals surface area (Å²) < 4.78 is 35.2. The Kier molecular flexibility index (Phi) is 47.7. The van der Waals surface area contributed by atoms with Crippen LogP contribution in [0.2, 0.25) is 0 Å². The smallest absolute Gasteiger partial charge is 0.457 e. The summed E-state index contributed by atoms with van der Waals surface area (Å²) in [5.74, 6) is -0.314. The molecule has 0 aromatic heterocycles. The summed E-state index contributed by atoms with van der Waals surface area (Å²) in [6.45, 7) is 5.53. The van der Waals surface area contributed by atoms with Crippen LogP contribution in [0, 0.1) is 0 Å². The van der Waals surface area contributed by atoms with Crippen molar-refractivity contribution in [2.24, 2.45) is 0 Å². The first-order valence-electron chi connectivity index (χ1n) is 27.4. The maximum atomic E-state index is 12.8. The number of allylic oxidation sites excluding steroid dienone is 8. The van der Waals surface area contributed by atoms with E-state index in [1.807, 2.05) is 21.1 Å². The molecule has 65 heavy (non-hydrogen) atoms. The van der Waals surface area contributed by atoms with Gasteiger partial charge < -0.3 is 18.9 Å². The van der Waals surface area contributed by atoms with Crippen LogP contribution in [-0.4, -0.2) is 75.6 Å². The second kappa shape index (κ2) is 48.9. The van der Waals surface area contributed by atoms with Gasteiger partial charge in [0.25, 0.3) is 0 Å². The molecule has 0 aliphatic rings. The van der Waals surface area contributed by atoms with E-state index in [9.17, 15) is 14.3 Å². The van der Waals surface area contributed by atoms with Crippen molar-refractivity contribution in [1.82, 2.24) is 0 Å². The van der Waals surface area contributed by atoms with Gasteiger partial charge in [0.1, 0.15) is 19.3 Å². The Hall–Kier alpha value is -1.54. The van der Waals surface area contributed by atoms with Crippen LogP contribution in [0.5, 0.6) is 0 Å². The van der Waals surface area contributed by atoms with Crippen molar-refractivity contribution >= 4 is 13.8 Å². The fourth-order valence-corrected chi connectivity index (χ4v) is 8.42. The molecule has 0 aliphatic heterocycles. The van der Waals surface area contributed by atoms with E-state index < -0.39 is 13.9 Å². The van der Waals surface area contributed by atoms with E-state index >= 15 is 0 Å². The minimum atomic E-state index is -4.28. The Morgan fingerprint density at radius 2 is 0.892 bits per heavy atom. The third-order valence-electron chi connectivity index (χ3n) is 11.9. The fourth-order valence-electron chi connectivity index (χ4n) is 7.68. The molecule has 2 unspecified atom stereocenters. The van der Waals surface area contributed by atoms with Crippen LogP contribution in [0.4, 0.5) is 0 Å². The maximum Gasteiger partial charge on any atom is 0.472 e. The van der Waals surface area contributed by atoms with E-state index in [0.29, 0.717) is 24.1 Å². The van der Waals surface area contributed by atoms with Gasteiger partial charge in [0.05, 0.1) is 34.4 Å². The van der Waals surface area contributed by atoms with Gasteiger partial charge in [-0.25, -0.2) is 4.57 Å². The second-order valence-corrected chi connectivity index (χ2v) is 21.0. The van der Waals surface area contributed by atoms with Crippen molar-refractivity contribution in [2.45, 2.75) is 251 Å². The van der Waals surface area contributed by atoms with Gasteiger partial charge in [0, 0.05) is 13.0 Å². The number of carbonyl (C=O) groups is 1. The Labute approximate surface area is 403 Å². The molecule has 0 rings (SSSR count). The molecule has 0 amide bonds. The standard InChI is InChI=1S/C56H106NO7P/c1-6-8-10-12-14-16-18-20-22-24-26-27-28-29-30-31-32-33-35-37-39-41-43-45-47-49-56(58)64-55(54-63-65(59,60)62-52-50-57(3,4)5)53-61-51-48-46-44-42-40-38-36-34-25-23-21-19-17-15-13-11-9-7-2/h9,11,15,17,21,23-24,26,55H,6-8,10,12-14,16,18-20,22,25,27-54H2,1-5H3/p+1/b11-9-,17-15-,23-21-,26-24-. The van der Waals surface area contributed by atoms with E-state index in [1.54, 1.807) is 0 Å². The molecule has 0 fully saturated rings. The van der Waals surface area contributed by atoms with Crippen molar-refractivity contribution in [3.63, 3.8) is 0 Å². The van der Waals surface area contributed by atoms with Gasteiger partial charge in [0.15, 0.2) is 0 Å². The van der Waals surface area contributed by atoms with Crippen molar-refractivity contribution in [3.8, 4) is 0 Å². The van der Waals surface area contributed by atoms with Crippen LogP contribution in [-0.2, 0) is 27.9 Å². The highest BCUT2D eigenvalue weighted by Gasteiger charge is 2.26. The lowest BCUT2D eigenvalue weighted by Gasteiger charge is -2.24.